The monoisotopic (exact) mass is 1230 g/mol. The van der Waals surface area contributed by atoms with E-state index in [9.17, 15) is 5.11 Å². The van der Waals surface area contributed by atoms with E-state index in [1.54, 1.807) is 0 Å². The number of benzene rings is 10. The van der Waals surface area contributed by atoms with Gasteiger partial charge in [-0.25, -0.2) is 4.98 Å². The number of hydrogen-bond donors (Lipinski definition) is 1. The number of para-hydroxylation sites is 1. The Bertz CT molecular complexity index is 4140. The standard InChI is InChI=1S/C76H64N3O.Pt/c1-74(2,3)62-40-41-69(65(50-62)53-26-15-9-16-27-53)79-70-35-23-34-64(71(70)78-73(79)67-48-56(51-24-13-8-14-25-51)47-66(72(67)80)54-28-17-10-18-29-54)57-44-58(46-63(45-57)75(4,5)6)68-49-55(42-43-77-68)52-36-38-61(39-37-52)76(7,59-30-19-11-20-31-59)60-32-21-12-22-33-60;/h8-43,45-50,80H,1-7H3;/q-1;. The summed E-state index contributed by atoms with van der Waals surface area (Å²) in [6.45, 7) is 15.9. The van der Waals surface area contributed by atoms with Crippen molar-refractivity contribution in [1.82, 2.24) is 14.5 Å². The smallest absolute Gasteiger partial charge is 0.148 e. The van der Waals surface area contributed by atoms with Crippen molar-refractivity contribution in [3.63, 3.8) is 0 Å². The van der Waals surface area contributed by atoms with Crippen molar-refractivity contribution < 1.29 is 26.2 Å². The van der Waals surface area contributed by atoms with Crippen LogP contribution >= 0.6 is 0 Å². The van der Waals surface area contributed by atoms with Gasteiger partial charge in [0, 0.05) is 49.5 Å². The van der Waals surface area contributed by atoms with Gasteiger partial charge in [-0.3, -0.25) is 9.55 Å². The minimum atomic E-state index is -0.346. The molecule has 2 aromatic heterocycles. The van der Waals surface area contributed by atoms with Gasteiger partial charge < -0.3 is 5.11 Å². The van der Waals surface area contributed by atoms with Crippen LogP contribution in [0.2, 0.25) is 0 Å². The Morgan fingerprint density at radius 3 is 1.48 bits per heavy atom. The Kier molecular flexibility index (Phi) is 14.8. The third-order valence-electron chi connectivity index (χ3n) is 16.0. The maximum atomic E-state index is 12.9. The molecule has 0 fully saturated rings. The van der Waals surface area contributed by atoms with Crippen molar-refractivity contribution in [3.8, 4) is 89.7 Å². The van der Waals surface area contributed by atoms with Gasteiger partial charge in [-0.1, -0.05) is 253 Å². The van der Waals surface area contributed by atoms with Crippen molar-refractivity contribution in [1.29, 1.82) is 0 Å². The second-order valence-electron chi connectivity index (χ2n) is 23.3. The summed E-state index contributed by atoms with van der Waals surface area (Å²) in [4.78, 5) is 10.8. The molecule has 0 spiro atoms. The molecule has 10 aromatic carbocycles. The van der Waals surface area contributed by atoms with E-state index in [2.05, 4.69) is 284 Å². The number of hydrogen-bond acceptors (Lipinski definition) is 3. The second-order valence-corrected chi connectivity index (χ2v) is 23.3. The molecule has 12 aromatic rings. The molecule has 4 nitrogen and oxygen atoms in total. The summed E-state index contributed by atoms with van der Waals surface area (Å²) in [7, 11) is 0. The van der Waals surface area contributed by atoms with Crippen LogP contribution in [0.15, 0.2) is 255 Å². The molecule has 1 N–H and O–H groups in total. The van der Waals surface area contributed by atoms with Gasteiger partial charge in [0.25, 0.3) is 0 Å². The Morgan fingerprint density at radius 2 is 0.889 bits per heavy atom. The molecular formula is C76H64N3OPt-. The van der Waals surface area contributed by atoms with E-state index >= 15 is 0 Å². The van der Waals surface area contributed by atoms with Gasteiger partial charge in [0.2, 0.25) is 0 Å². The van der Waals surface area contributed by atoms with Crippen LogP contribution in [0.1, 0.15) is 76.3 Å². The summed E-state index contributed by atoms with van der Waals surface area (Å²) >= 11 is 0. The number of nitrogens with zero attached hydrogens (tertiary/aromatic N) is 3. The molecule has 0 amide bonds. The summed E-state index contributed by atoms with van der Waals surface area (Å²) in [5.74, 6) is 0.785. The van der Waals surface area contributed by atoms with Crippen LogP contribution in [0.3, 0.4) is 0 Å². The maximum absolute atomic E-state index is 12.9. The number of aromatic nitrogens is 3. The number of pyridine rings is 1. The molecule has 0 unspecified atom stereocenters. The van der Waals surface area contributed by atoms with Crippen molar-refractivity contribution >= 4 is 11.0 Å². The summed E-state index contributed by atoms with van der Waals surface area (Å²) in [6, 6.07) is 91.9. The van der Waals surface area contributed by atoms with E-state index in [1.165, 1.54) is 22.3 Å². The van der Waals surface area contributed by atoms with Crippen molar-refractivity contribution in [2.24, 2.45) is 0 Å². The molecule has 0 atom stereocenters. The number of fused-ring (bicyclic) bond motifs is 1. The van der Waals surface area contributed by atoms with Gasteiger partial charge in [-0.2, -0.15) is 0 Å². The van der Waals surface area contributed by atoms with Crippen molar-refractivity contribution in [2.45, 2.75) is 64.7 Å². The van der Waals surface area contributed by atoms with E-state index in [1.807, 2.05) is 30.5 Å². The zero-order valence-corrected chi connectivity index (χ0v) is 49.1. The number of phenolic OH excluding ortho intramolecular Hbond substituents is 1. The summed E-state index contributed by atoms with van der Waals surface area (Å²) in [6.07, 6.45) is 1.91. The molecule has 12 rings (SSSR count). The van der Waals surface area contributed by atoms with Crippen LogP contribution in [-0.2, 0) is 37.3 Å². The topological polar surface area (TPSA) is 50.9 Å². The third kappa shape index (κ3) is 10.5. The average molecular weight is 1230 g/mol. The molecule has 2 heterocycles. The summed E-state index contributed by atoms with van der Waals surface area (Å²) in [5, 5.41) is 12.9. The molecule has 0 saturated heterocycles. The van der Waals surface area contributed by atoms with Gasteiger partial charge in [0.05, 0.1) is 22.3 Å². The molecule has 0 bridgehead atoms. The van der Waals surface area contributed by atoms with Crippen molar-refractivity contribution in [2.75, 3.05) is 0 Å². The number of phenols is 1. The Balaban J connectivity index is 0.00000690. The number of rotatable bonds is 11. The summed E-state index contributed by atoms with van der Waals surface area (Å²) < 4.78 is 2.26. The van der Waals surface area contributed by atoms with Gasteiger partial charge in [-0.05, 0) is 110 Å². The Morgan fingerprint density at radius 1 is 0.383 bits per heavy atom. The van der Waals surface area contributed by atoms with E-state index in [4.69, 9.17) is 9.97 Å². The first-order valence-electron chi connectivity index (χ1n) is 27.7. The van der Waals surface area contributed by atoms with Crippen LogP contribution in [0, 0.1) is 6.07 Å². The molecular weight excluding hydrogens is 1170 g/mol. The molecule has 0 aliphatic carbocycles. The first-order valence-corrected chi connectivity index (χ1v) is 27.7. The quantitative estimate of drug-likeness (QED) is 0.104. The van der Waals surface area contributed by atoms with Gasteiger partial charge in [0.1, 0.15) is 11.6 Å². The third-order valence-corrected chi connectivity index (χ3v) is 16.0. The van der Waals surface area contributed by atoms with Crippen LogP contribution < -0.4 is 0 Å². The van der Waals surface area contributed by atoms with Crippen LogP contribution in [0.25, 0.3) is 95.0 Å². The minimum absolute atomic E-state index is 0. The maximum Gasteiger partial charge on any atom is 0.148 e. The van der Waals surface area contributed by atoms with Crippen LogP contribution in [0.5, 0.6) is 5.75 Å². The fourth-order valence-electron chi connectivity index (χ4n) is 11.3. The molecule has 81 heavy (non-hydrogen) atoms. The van der Waals surface area contributed by atoms with E-state index in [-0.39, 0.29) is 43.1 Å². The molecule has 0 saturated carbocycles. The number of imidazole rings is 1. The van der Waals surface area contributed by atoms with Crippen LogP contribution in [-0.4, -0.2) is 19.6 Å². The summed E-state index contributed by atoms with van der Waals surface area (Å²) in [5.41, 5.74) is 20.2. The van der Waals surface area contributed by atoms with E-state index < -0.39 is 0 Å². The number of aromatic hydroxyl groups is 1. The van der Waals surface area contributed by atoms with Gasteiger partial charge in [-0.15, -0.1) is 29.3 Å². The fraction of sp³-hybridized carbons (Fsp3) is 0.132. The van der Waals surface area contributed by atoms with Crippen molar-refractivity contribution in [3.05, 3.63) is 289 Å². The fourth-order valence-corrected chi connectivity index (χ4v) is 11.3. The minimum Gasteiger partial charge on any atom is -0.507 e. The first-order chi connectivity index (χ1) is 38.7. The Labute approximate surface area is 491 Å². The predicted molar refractivity (Wildman–Crippen MR) is 333 cm³/mol. The first kappa shape index (κ1) is 54.3. The zero-order valence-electron chi connectivity index (χ0n) is 46.9. The second kappa shape index (κ2) is 22.1. The van der Waals surface area contributed by atoms with Gasteiger partial charge in [0.15, 0.2) is 0 Å². The molecule has 0 radical (unpaired) electrons. The molecule has 400 valence electrons. The average Bonchev–Trinajstić information content (AvgIpc) is 4.03. The molecule has 5 heteroatoms. The largest absolute Gasteiger partial charge is 0.507 e. The van der Waals surface area contributed by atoms with E-state index in [0.717, 1.165) is 89.2 Å². The Hall–Kier alpha value is -8.69. The SMILES string of the molecule is CC(C)(C)c1cc(-c2cc(-c3ccc(C(C)(c4ccccc4)c4ccccc4)cc3)ccn2)[c-]c(-c2cccc3c2nc(-c2cc(-c4ccccc4)cc(-c4ccccc4)c2O)n3-c2ccc(C(C)(C)C)cc2-c2ccccc2)c1.[Pt]. The van der Waals surface area contributed by atoms with E-state index in [0.29, 0.717) is 11.4 Å². The normalized spacial score (nSPS) is 11.8. The van der Waals surface area contributed by atoms with Gasteiger partial charge >= 0.3 is 0 Å². The predicted octanol–water partition coefficient (Wildman–Crippen LogP) is 19.5. The molecule has 0 aliphatic rings. The van der Waals surface area contributed by atoms with Crippen LogP contribution in [0.4, 0.5) is 0 Å². The zero-order chi connectivity index (χ0) is 55.2. The molecule has 0 aliphatic heterocycles.